The number of hydrogen-bond acceptors (Lipinski definition) is 6. The number of rotatable bonds is 7. The van der Waals surface area contributed by atoms with Gasteiger partial charge in [0.25, 0.3) is 11.7 Å². The molecule has 1 aromatic carbocycles. The predicted octanol–water partition coefficient (Wildman–Crippen LogP) is 5.37. The zero-order valence-corrected chi connectivity index (χ0v) is 19.1. The van der Waals surface area contributed by atoms with Crippen LogP contribution >= 0.6 is 11.3 Å². The van der Waals surface area contributed by atoms with Gasteiger partial charge in [0.2, 0.25) is 0 Å². The van der Waals surface area contributed by atoms with Crippen LogP contribution in [0, 0.1) is 13.8 Å². The molecule has 166 valence electrons. The van der Waals surface area contributed by atoms with Crippen molar-refractivity contribution < 1.29 is 23.8 Å². The normalized spacial score (nSPS) is 17.8. The quantitative estimate of drug-likeness (QED) is 0.297. The Morgan fingerprint density at radius 1 is 1.19 bits per heavy atom. The summed E-state index contributed by atoms with van der Waals surface area (Å²) in [5.74, 6) is -0.240. The Labute approximate surface area is 190 Å². The second-order valence-electron chi connectivity index (χ2n) is 7.80. The number of aryl methyl sites for hydroxylation is 2. The molecule has 2 aromatic heterocycles. The Hall–Kier alpha value is -3.32. The molecule has 4 rings (SSSR count). The summed E-state index contributed by atoms with van der Waals surface area (Å²) in [5.41, 5.74) is 2.36. The molecule has 7 heteroatoms. The van der Waals surface area contributed by atoms with Crippen molar-refractivity contribution in [1.82, 2.24) is 4.90 Å². The van der Waals surface area contributed by atoms with Crippen LogP contribution in [0.4, 0.5) is 0 Å². The fourth-order valence-electron chi connectivity index (χ4n) is 3.88. The molecule has 0 spiro atoms. The number of likely N-dealkylation sites (tertiary alicyclic amines) is 1. The molecule has 0 bridgehead atoms. The highest BCUT2D eigenvalue weighted by Gasteiger charge is 2.47. The molecule has 1 fully saturated rings. The number of benzene rings is 1. The lowest BCUT2D eigenvalue weighted by Gasteiger charge is -2.24. The molecule has 32 heavy (non-hydrogen) atoms. The standard InChI is InChI=1S/C25H25NO5S/c1-4-10-31-19-8-7-17(13-16(19)3)22(27)20-21(24-15(2)9-12-32-24)26(25(29)23(20)28)14-18-6-5-11-30-18/h5-9,11-13,21,27H,4,10,14H2,1-3H3/b22-20-. The van der Waals surface area contributed by atoms with Crippen molar-refractivity contribution in [1.29, 1.82) is 0 Å². The number of thiophene rings is 1. The Morgan fingerprint density at radius 3 is 2.62 bits per heavy atom. The number of furan rings is 1. The van der Waals surface area contributed by atoms with Gasteiger partial charge in [0.15, 0.2) is 0 Å². The van der Waals surface area contributed by atoms with E-state index in [1.807, 2.05) is 32.2 Å². The van der Waals surface area contributed by atoms with Gasteiger partial charge >= 0.3 is 0 Å². The van der Waals surface area contributed by atoms with Crippen molar-refractivity contribution in [2.45, 2.75) is 39.8 Å². The van der Waals surface area contributed by atoms with E-state index < -0.39 is 17.7 Å². The van der Waals surface area contributed by atoms with Gasteiger partial charge in [-0.25, -0.2) is 0 Å². The third-order valence-electron chi connectivity index (χ3n) is 5.51. The smallest absolute Gasteiger partial charge is 0.296 e. The van der Waals surface area contributed by atoms with E-state index in [-0.39, 0.29) is 17.9 Å². The second kappa shape index (κ2) is 9.04. The van der Waals surface area contributed by atoms with Crippen LogP contribution in [0.15, 0.2) is 58.0 Å². The summed E-state index contributed by atoms with van der Waals surface area (Å²) in [7, 11) is 0. The molecule has 1 aliphatic rings. The average molecular weight is 452 g/mol. The van der Waals surface area contributed by atoms with Gasteiger partial charge in [-0.2, -0.15) is 0 Å². The van der Waals surface area contributed by atoms with Crippen LogP contribution < -0.4 is 4.74 Å². The van der Waals surface area contributed by atoms with Crippen LogP contribution in [-0.4, -0.2) is 28.3 Å². The molecular weight excluding hydrogens is 426 g/mol. The maximum absolute atomic E-state index is 13.1. The lowest BCUT2D eigenvalue weighted by molar-refractivity contribution is -0.140. The molecule has 0 aliphatic carbocycles. The van der Waals surface area contributed by atoms with E-state index in [2.05, 4.69) is 0 Å². The summed E-state index contributed by atoms with van der Waals surface area (Å²) in [4.78, 5) is 28.4. The average Bonchev–Trinajstić information content (AvgIpc) is 3.50. The van der Waals surface area contributed by atoms with Gasteiger partial charge in [0.05, 0.1) is 25.0 Å². The highest BCUT2D eigenvalue weighted by molar-refractivity contribution is 7.10. The number of ether oxygens (including phenoxy) is 1. The number of carbonyl (C=O) groups excluding carboxylic acids is 2. The largest absolute Gasteiger partial charge is 0.507 e. The highest BCUT2D eigenvalue weighted by Crippen LogP contribution is 2.43. The Kier molecular flexibility index (Phi) is 6.19. The van der Waals surface area contributed by atoms with Crippen molar-refractivity contribution in [3.05, 3.63) is 80.9 Å². The maximum atomic E-state index is 13.1. The van der Waals surface area contributed by atoms with Gasteiger partial charge in [0.1, 0.15) is 23.3 Å². The lowest BCUT2D eigenvalue weighted by Crippen LogP contribution is -2.28. The third-order valence-corrected chi connectivity index (χ3v) is 6.58. The fourth-order valence-corrected chi connectivity index (χ4v) is 4.92. The van der Waals surface area contributed by atoms with Crippen LogP contribution in [0.25, 0.3) is 5.76 Å². The predicted molar refractivity (Wildman–Crippen MR) is 123 cm³/mol. The second-order valence-corrected chi connectivity index (χ2v) is 8.75. The van der Waals surface area contributed by atoms with E-state index in [4.69, 9.17) is 9.15 Å². The zero-order valence-electron chi connectivity index (χ0n) is 18.3. The first-order chi connectivity index (χ1) is 15.4. The van der Waals surface area contributed by atoms with Gasteiger partial charge in [-0.15, -0.1) is 11.3 Å². The topological polar surface area (TPSA) is 80.0 Å². The number of amides is 1. The third kappa shape index (κ3) is 3.96. The Morgan fingerprint density at radius 2 is 2.00 bits per heavy atom. The molecule has 1 saturated heterocycles. The van der Waals surface area contributed by atoms with Crippen LogP contribution in [0.1, 0.15) is 46.7 Å². The van der Waals surface area contributed by atoms with Crippen molar-refractivity contribution in [3.8, 4) is 5.75 Å². The number of Topliss-reactive ketones (excluding diaryl/α,β-unsaturated/α-hetero) is 1. The monoisotopic (exact) mass is 451 g/mol. The molecule has 0 saturated carbocycles. The lowest BCUT2D eigenvalue weighted by atomic mass is 9.97. The van der Waals surface area contributed by atoms with Gasteiger partial charge < -0.3 is 19.2 Å². The van der Waals surface area contributed by atoms with Crippen molar-refractivity contribution >= 4 is 28.8 Å². The molecule has 3 heterocycles. The van der Waals surface area contributed by atoms with Crippen LogP contribution in [0.2, 0.25) is 0 Å². The minimum Gasteiger partial charge on any atom is -0.507 e. The van der Waals surface area contributed by atoms with Crippen LogP contribution in [0.3, 0.4) is 0 Å². The highest BCUT2D eigenvalue weighted by atomic mass is 32.1. The first-order valence-electron chi connectivity index (χ1n) is 10.5. The number of hydrogen-bond donors (Lipinski definition) is 1. The minimum atomic E-state index is -0.698. The number of ketones is 1. The summed E-state index contributed by atoms with van der Waals surface area (Å²) in [6.45, 7) is 6.59. The van der Waals surface area contributed by atoms with E-state index >= 15 is 0 Å². The van der Waals surface area contributed by atoms with Crippen molar-refractivity contribution in [3.63, 3.8) is 0 Å². The molecule has 1 amide bonds. The van der Waals surface area contributed by atoms with Gasteiger partial charge in [0, 0.05) is 10.4 Å². The SMILES string of the molecule is CCCOc1ccc(/C(O)=C2/C(=O)C(=O)N(Cc3ccco3)C2c2sccc2C)cc1C. The van der Waals surface area contributed by atoms with Crippen LogP contribution in [0.5, 0.6) is 5.75 Å². The van der Waals surface area contributed by atoms with E-state index in [9.17, 15) is 14.7 Å². The first-order valence-corrected chi connectivity index (χ1v) is 11.4. The molecule has 1 aliphatic heterocycles. The van der Waals surface area contributed by atoms with Crippen molar-refractivity contribution in [2.75, 3.05) is 6.61 Å². The Bertz CT molecular complexity index is 1170. The van der Waals surface area contributed by atoms with Gasteiger partial charge in [-0.3, -0.25) is 9.59 Å². The fraction of sp³-hybridized carbons (Fsp3) is 0.280. The van der Waals surface area contributed by atoms with Gasteiger partial charge in [-0.1, -0.05) is 6.92 Å². The first kappa shape index (κ1) is 21.9. The van der Waals surface area contributed by atoms with E-state index in [0.29, 0.717) is 17.9 Å². The maximum Gasteiger partial charge on any atom is 0.296 e. The molecule has 0 radical (unpaired) electrons. The van der Waals surface area contributed by atoms with E-state index in [0.717, 1.165) is 28.2 Å². The number of nitrogens with zero attached hydrogens (tertiary/aromatic N) is 1. The summed E-state index contributed by atoms with van der Waals surface area (Å²) < 4.78 is 11.1. The number of carbonyl (C=O) groups is 2. The summed E-state index contributed by atoms with van der Waals surface area (Å²) in [6, 6.07) is 10.0. The Balaban J connectivity index is 1.80. The van der Waals surface area contributed by atoms with E-state index in [1.165, 1.54) is 22.5 Å². The van der Waals surface area contributed by atoms with Crippen LogP contribution in [-0.2, 0) is 16.1 Å². The molecular formula is C25H25NO5S. The number of aliphatic hydroxyl groups is 1. The zero-order chi connectivity index (χ0) is 22.8. The molecule has 1 atom stereocenters. The molecule has 1 unspecified atom stereocenters. The molecule has 3 aromatic rings. The van der Waals surface area contributed by atoms with Crippen molar-refractivity contribution in [2.24, 2.45) is 0 Å². The summed E-state index contributed by atoms with van der Waals surface area (Å²) in [5, 5.41) is 13.1. The summed E-state index contributed by atoms with van der Waals surface area (Å²) in [6.07, 6.45) is 2.42. The minimum absolute atomic E-state index is 0.0914. The molecule has 1 N–H and O–H groups in total. The number of aliphatic hydroxyl groups excluding tert-OH is 1. The summed E-state index contributed by atoms with van der Waals surface area (Å²) >= 11 is 1.46. The van der Waals surface area contributed by atoms with Gasteiger partial charge in [-0.05, 0) is 73.2 Å². The van der Waals surface area contributed by atoms with E-state index in [1.54, 1.807) is 30.3 Å². The molecule has 6 nitrogen and oxygen atoms in total.